The van der Waals surface area contributed by atoms with E-state index in [-0.39, 0.29) is 5.69 Å². The Morgan fingerprint density at radius 3 is 2.89 bits per heavy atom. The fourth-order valence-electron chi connectivity index (χ4n) is 2.21. The van der Waals surface area contributed by atoms with Crippen LogP contribution in [0.5, 0.6) is 0 Å². The average Bonchev–Trinajstić information content (AvgIpc) is 2.61. The molecule has 1 fully saturated rings. The minimum Gasteiger partial charge on any atom is -0.389 e. The van der Waals surface area contributed by atoms with Crippen LogP contribution in [0, 0.1) is 10.1 Å². The number of aliphatic hydroxyl groups is 1. The minimum atomic E-state index is -0.673. The molecule has 0 bridgehead atoms. The molecule has 6 heteroatoms. The molecule has 1 atom stereocenters. The maximum atomic E-state index is 10.7. The minimum absolute atomic E-state index is 0.0420. The number of halogens is 1. The van der Waals surface area contributed by atoms with Crippen molar-refractivity contribution in [2.24, 2.45) is 0 Å². The number of nitro groups is 1. The highest BCUT2D eigenvalue weighted by atomic mass is 35.5. The first kappa shape index (κ1) is 13.3. The quantitative estimate of drug-likeness (QED) is 0.675. The number of likely N-dealkylation sites (tertiary alicyclic amines) is 1. The summed E-state index contributed by atoms with van der Waals surface area (Å²) in [5, 5.41) is 21.1. The van der Waals surface area contributed by atoms with E-state index in [0.29, 0.717) is 24.5 Å². The molecule has 1 N–H and O–H groups in total. The molecule has 0 radical (unpaired) electrons. The Labute approximate surface area is 110 Å². The maximum Gasteiger partial charge on any atom is 0.269 e. The van der Waals surface area contributed by atoms with Gasteiger partial charge in [-0.3, -0.25) is 15.0 Å². The van der Waals surface area contributed by atoms with Crippen molar-refractivity contribution in [2.45, 2.75) is 25.5 Å². The van der Waals surface area contributed by atoms with E-state index in [4.69, 9.17) is 11.6 Å². The summed E-state index contributed by atoms with van der Waals surface area (Å²) in [4.78, 5) is 12.3. The summed E-state index contributed by atoms with van der Waals surface area (Å²) < 4.78 is 0. The van der Waals surface area contributed by atoms with Gasteiger partial charge < -0.3 is 5.11 Å². The number of nitro benzene ring substituents is 1. The van der Waals surface area contributed by atoms with E-state index in [2.05, 4.69) is 0 Å². The summed E-state index contributed by atoms with van der Waals surface area (Å²) in [5.41, 5.74) is 0.0941. The fraction of sp³-hybridized carbons (Fsp3) is 0.500. The normalized spacial score (nSPS) is 24.4. The molecule has 1 heterocycles. The molecule has 1 saturated heterocycles. The van der Waals surface area contributed by atoms with Gasteiger partial charge >= 0.3 is 0 Å². The van der Waals surface area contributed by atoms with Gasteiger partial charge in [0.25, 0.3) is 5.69 Å². The van der Waals surface area contributed by atoms with Gasteiger partial charge in [-0.1, -0.05) is 11.6 Å². The Hall–Kier alpha value is -1.17. The van der Waals surface area contributed by atoms with Crippen molar-refractivity contribution in [3.05, 3.63) is 38.9 Å². The molecule has 2 rings (SSSR count). The van der Waals surface area contributed by atoms with Gasteiger partial charge in [0.1, 0.15) is 0 Å². The maximum absolute atomic E-state index is 10.7. The van der Waals surface area contributed by atoms with E-state index in [1.807, 2.05) is 4.90 Å². The Morgan fingerprint density at radius 1 is 1.61 bits per heavy atom. The van der Waals surface area contributed by atoms with E-state index < -0.39 is 10.5 Å². The zero-order valence-electron chi connectivity index (χ0n) is 10.1. The fourth-order valence-corrected chi connectivity index (χ4v) is 2.39. The molecule has 5 nitrogen and oxygen atoms in total. The number of nitrogens with zero attached hydrogens (tertiary/aromatic N) is 2. The first-order valence-corrected chi connectivity index (χ1v) is 6.13. The van der Waals surface area contributed by atoms with Crippen molar-refractivity contribution in [3.8, 4) is 0 Å². The molecule has 1 aliphatic heterocycles. The number of hydrogen-bond donors (Lipinski definition) is 1. The molecular weight excluding hydrogens is 256 g/mol. The number of β-amino-alcohol motifs (C(OH)–C–C–N with tert-alkyl or cyclic N) is 1. The summed E-state index contributed by atoms with van der Waals surface area (Å²) in [6.07, 6.45) is 0.708. The standard InChI is InChI=1S/C12H15ClN2O3/c1-12(16)4-5-14(8-12)7-9-6-10(15(17)18)2-3-11(9)13/h2-3,6,16H,4-5,7-8H2,1H3. The van der Waals surface area contributed by atoms with Crippen molar-refractivity contribution in [1.82, 2.24) is 4.90 Å². The monoisotopic (exact) mass is 270 g/mol. The molecule has 1 aromatic carbocycles. The highest BCUT2D eigenvalue weighted by Gasteiger charge is 2.31. The highest BCUT2D eigenvalue weighted by Crippen LogP contribution is 2.27. The zero-order valence-corrected chi connectivity index (χ0v) is 10.9. The van der Waals surface area contributed by atoms with Gasteiger partial charge in [-0.2, -0.15) is 0 Å². The van der Waals surface area contributed by atoms with Gasteiger partial charge in [0, 0.05) is 36.8 Å². The van der Waals surface area contributed by atoms with Crippen LogP contribution < -0.4 is 0 Å². The second kappa shape index (κ2) is 4.84. The first-order chi connectivity index (χ1) is 8.37. The van der Waals surface area contributed by atoms with Gasteiger partial charge in [0.2, 0.25) is 0 Å². The Bertz CT molecular complexity index is 476. The van der Waals surface area contributed by atoms with Crippen LogP contribution in [-0.2, 0) is 6.54 Å². The third-order valence-electron chi connectivity index (χ3n) is 3.16. The van der Waals surface area contributed by atoms with Crippen molar-refractivity contribution in [2.75, 3.05) is 13.1 Å². The lowest BCUT2D eigenvalue weighted by molar-refractivity contribution is -0.384. The van der Waals surface area contributed by atoms with Gasteiger partial charge in [-0.25, -0.2) is 0 Å². The number of benzene rings is 1. The Morgan fingerprint density at radius 2 is 2.33 bits per heavy atom. The van der Waals surface area contributed by atoms with Gasteiger partial charge in [0.15, 0.2) is 0 Å². The van der Waals surface area contributed by atoms with Crippen LogP contribution in [0.25, 0.3) is 0 Å². The largest absolute Gasteiger partial charge is 0.389 e. The van der Waals surface area contributed by atoms with Crippen LogP contribution in [-0.4, -0.2) is 33.6 Å². The van der Waals surface area contributed by atoms with Crippen LogP contribution >= 0.6 is 11.6 Å². The van der Waals surface area contributed by atoms with Gasteiger partial charge in [0.05, 0.1) is 10.5 Å². The molecular formula is C12H15ClN2O3. The van der Waals surface area contributed by atoms with E-state index >= 15 is 0 Å². The van der Waals surface area contributed by atoms with Crippen LogP contribution in [0.2, 0.25) is 5.02 Å². The summed E-state index contributed by atoms with van der Waals surface area (Å²) in [6, 6.07) is 4.44. The molecule has 18 heavy (non-hydrogen) atoms. The number of non-ortho nitro benzene ring substituents is 1. The summed E-state index contributed by atoms with van der Waals surface area (Å²) in [5.74, 6) is 0. The second-order valence-electron chi connectivity index (χ2n) is 4.99. The van der Waals surface area contributed by atoms with Crippen molar-refractivity contribution >= 4 is 17.3 Å². The first-order valence-electron chi connectivity index (χ1n) is 5.75. The third-order valence-corrected chi connectivity index (χ3v) is 3.53. The Balaban J connectivity index is 2.14. The lowest BCUT2D eigenvalue weighted by atomic mass is 10.1. The third kappa shape index (κ3) is 2.98. The van der Waals surface area contributed by atoms with E-state index in [1.165, 1.54) is 12.1 Å². The van der Waals surface area contributed by atoms with Crippen LogP contribution in [0.1, 0.15) is 18.9 Å². The van der Waals surface area contributed by atoms with E-state index in [1.54, 1.807) is 13.0 Å². The molecule has 1 aliphatic rings. The summed E-state index contributed by atoms with van der Waals surface area (Å²) >= 11 is 6.04. The molecule has 0 aliphatic carbocycles. The Kier molecular flexibility index (Phi) is 3.56. The SMILES string of the molecule is CC1(O)CCN(Cc2cc([N+](=O)[O-])ccc2Cl)C1. The molecule has 98 valence electrons. The number of hydrogen-bond acceptors (Lipinski definition) is 4. The van der Waals surface area contributed by atoms with Crippen LogP contribution in [0.15, 0.2) is 18.2 Å². The molecule has 0 aromatic heterocycles. The van der Waals surface area contributed by atoms with Crippen molar-refractivity contribution in [1.29, 1.82) is 0 Å². The van der Waals surface area contributed by atoms with Crippen LogP contribution in [0.3, 0.4) is 0 Å². The van der Waals surface area contributed by atoms with Crippen LogP contribution in [0.4, 0.5) is 5.69 Å². The highest BCUT2D eigenvalue weighted by molar-refractivity contribution is 6.31. The topological polar surface area (TPSA) is 66.6 Å². The summed E-state index contributed by atoms with van der Waals surface area (Å²) in [6.45, 7) is 3.65. The smallest absolute Gasteiger partial charge is 0.269 e. The van der Waals surface area contributed by atoms with Gasteiger partial charge in [-0.15, -0.1) is 0 Å². The lowest BCUT2D eigenvalue weighted by Gasteiger charge is -2.19. The summed E-state index contributed by atoms with van der Waals surface area (Å²) in [7, 11) is 0. The second-order valence-corrected chi connectivity index (χ2v) is 5.40. The van der Waals surface area contributed by atoms with Gasteiger partial charge in [-0.05, 0) is 25.0 Å². The van der Waals surface area contributed by atoms with E-state index in [0.717, 1.165) is 12.1 Å². The molecule has 0 saturated carbocycles. The predicted molar refractivity (Wildman–Crippen MR) is 68.6 cm³/mol. The predicted octanol–water partition coefficient (Wildman–Crippen LogP) is 2.20. The zero-order chi connectivity index (χ0) is 13.3. The molecule has 1 aromatic rings. The number of rotatable bonds is 3. The molecule has 1 unspecified atom stereocenters. The van der Waals surface area contributed by atoms with Crippen molar-refractivity contribution < 1.29 is 10.0 Å². The van der Waals surface area contributed by atoms with Crippen molar-refractivity contribution in [3.63, 3.8) is 0 Å². The van der Waals surface area contributed by atoms with E-state index in [9.17, 15) is 15.2 Å². The lowest BCUT2D eigenvalue weighted by Crippen LogP contribution is -2.29. The molecule has 0 spiro atoms. The average molecular weight is 271 g/mol. The molecule has 0 amide bonds.